The fraction of sp³-hybridized carbons (Fsp3) is 0.615. The van der Waals surface area contributed by atoms with Crippen LogP contribution >= 0.6 is 0 Å². The highest BCUT2D eigenvalue weighted by Crippen LogP contribution is 2.20. The molecule has 1 aromatic rings. The van der Waals surface area contributed by atoms with Crippen LogP contribution in [0, 0.1) is 5.92 Å². The lowest BCUT2D eigenvalue weighted by Crippen LogP contribution is -2.31. The largest absolute Gasteiger partial charge is 0.384 e. The van der Waals surface area contributed by atoms with Crippen LogP contribution in [-0.2, 0) is 10.0 Å². The van der Waals surface area contributed by atoms with E-state index < -0.39 is 10.0 Å². The molecule has 112 valence electrons. The molecule has 7 heteroatoms. The summed E-state index contributed by atoms with van der Waals surface area (Å²) in [5, 5.41) is 3.05. The number of hydrogen-bond donors (Lipinski definition) is 2. The van der Waals surface area contributed by atoms with E-state index in [1.54, 1.807) is 12.3 Å². The summed E-state index contributed by atoms with van der Waals surface area (Å²) in [6.45, 7) is 5.04. The fourth-order valence-corrected chi connectivity index (χ4v) is 3.67. The molecule has 1 unspecified atom stereocenters. The van der Waals surface area contributed by atoms with Gasteiger partial charge in [0.1, 0.15) is 4.90 Å². The van der Waals surface area contributed by atoms with Gasteiger partial charge in [0.25, 0.3) is 0 Å². The minimum atomic E-state index is -3.51. The molecule has 6 nitrogen and oxygen atoms in total. The van der Waals surface area contributed by atoms with Crippen molar-refractivity contribution >= 4 is 15.7 Å². The van der Waals surface area contributed by atoms with Gasteiger partial charge in [-0.15, -0.1) is 0 Å². The zero-order valence-corrected chi connectivity index (χ0v) is 12.8. The zero-order valence-electron chi connectivity index (χ0n) is 12.0. The molecule has 1 aliphatic rings. The lowest BCUT2D eigenvalue weighted by atomic mass is 10.1. The van der Waals surface area contributed by atoms with Crippen LogP contribution in [0.2, 0.25) is 0 Å². The van der Waals surface area contributed by atoms with E-state index in [2.05, 4.69) is 27.0 Å². The number of likely N-dealkylation sites (tertiary alicyclic amines) is 1. The van der Waals surface area contributed by atoms with E-state index in [1.807, 2.05) is 6.92 Å². The smallest absolute Gasteiger partial charge is 0.244 e. The van der Waals surface area contributed by atoms with E-state index in [0.29, 0.717) is 24.7 Å². The molecule has 2 N–H and O–H groups in total. The predicted molar refractivity (Wildman–Crippen MR) is 79.2 cm³/mol. The first-order chi connectivity index (χ1) is 9.53. The van der Waals surface area contributed by atoms with E-state index in [9.17, 15) is 8.42 Å². The van der Waals surface area contributed by atoms with Gasteiger partial charge in [-0.2, -0.15) is 0 Å². The van der Waals surface area contributed by atoms with Gasteiger partial charge in [0.2, 0.25) is 10.0 Å². The Morgan fingerprint density at radius 3 is 2.95 bits per heavy atom. The number of sulfonamides is 1. The van der Waals surface area contributed by atoms with Gasteiger partial charge in [-0.1, -0.05) is 0 Å². The molecule has 1 saturated heterocycles. The van der Waals surface area contributed by atoms with Crippen LogP contribution in [0.4, 0.5) is 5.69 Å². The minimum absolute atomic E-state index is 0.216. The summed E-state index contributed by atoms with van der Waals surface area (Å²) in [7, 11) is -1.46. The van der Waals surface area contributed by atoms with Crippen LogP contribution in [0.3, 0.4) is 0 Å². The highest BCUT2D eigenvalue weighted by molar-refractivity contribution is 7.89. The molecule has 0 aromatic carbocycles. The maximum atomic E-state index is 12.4. The Balaban J connectivity index is 2.06. The molecule has 1 aliphatic heterocycles. The summed E-state index contributed by atoms with van der Waals surface area (Å²) < 4.78 is 27.4. The number of nitrogens with zero attached hydrogens (tertiary/aromatic N) is 2. The van der Waals surface area contributed by atoms with Crippen molar-refractivity contribution in [3.05, 3.63) is 18.5 Å². The predicted octanol–water partition coefficient (Wildman–Crippen LogP) is 0.743. The lowest BCUT2D eigenvalue weighted by molar-refractivity contribution is 0.394. The van der Waals surface area contributed by atoms with Crippen molar-refractivity contribution in [2.24, 2.45) is 5.92 Å². The summed E-state index contributed by atoms with van der Waals surface area (Å²) >= 11 is 0. The van der Waals surface area contributed by atoms with Crippen molar-refractivity contribution in [2.75, 3.05) is 38.5 Å². The Morgan fingerprint density at radius 1 is 1.50 bits per heavy atom. The van der Waals surface area contributed by atoms with Gasteiger partial charge in [0, 0.05) is 32.0 Å². The molecule has 1 fully saturated rings. The third-order valence-electron chi connectivity index (χ3n) is 3.49. The molecule has 1 aromatic heterocycles. The number of hydrogen-bond acceptors (Lipinski definition) is 5. The standard InChI is InChI=1S/C13H22N4O2S/c1-3-15-12-4-6-14-9-13(12)20(18,19)16-8-11-5-7-17(2)10-11/h4,6,9,11,16H,3,5,7-8,10H2,1-2H3,(H,14,15). The number of aromatic nitrogens is 1. The second kappa shape index (κ2) is 6.51. The van der Waals surface area contributed by atoms with Gasteiger partial charge >= 0.3 is 0 Å². The molecule has 1 atom stereocenters. The van der Waals surface area contributed by atoms with Crippen molar-refractivity contribution < 1.29 is 8.42 Å². The van der Waals surface area contributed by atoms with Crippen molar-refractivity contribution in [3.63, 3.8) is 0 Å². The van der Waals surface area contributed by atoms with Gasteiger partial charge in [0.15, 0.2) is 0 Å². The van der Waals surface area contributed by atoms with E-state index in [-0.39, 0.29) is 4.90 Å². The average Bonchev–Trinajstić information content (AvgIpc) is 2.83. The fourth-order valence-electron chi connectivity index (χ4n) is 2.43. The highest BCUT2D eigenvalue weighted by atomic mass is 32.2. The first kappa shape index (κ1) is 15.2. The second-order valence-electron chi connectivity index (χ2n) is 5.17. The van der Waals surface area contributed by atoms with Gasteiger partial charge in [-0.25, -0.2) is 13.1 Å². The molecule has 0 bridgehead atoms. The van der Waals surface area contributed by atoms with Crippen molar-refractivity contribution in [1.29, 1.82) is 0 Å². The number of rotatable bonds is 6. The Kier molecular flexibility index (Phi) is 4.95. The molecule has 0 spiro atoms. The first-order valence-electron chi connectivity index (χ1n) is 6.89. The van der Waals surface area contributed by atoms with Crippen LogP contribution in [0.5, 0.6) is 0 Å². The highest BCUT2D eigenvalue weighted by Gasteiger charge is 2.23. The number of pyridine rings is 1. The van der Waals surface area contributed by atoms with Crippen molar-refractivity contribution in [2.45, 2.75) is 18.2 Å². The van der Waals surface area contributed by atoms with Crippen LogP contribution in [0.25, 0.3) is 0 Å². The van der Waals surface area contributed by atoms with E-state index in [1.165, 1.54) is 6.20 Å². The average molecular weight is 298 g/mol. The normalized spacial score (nSPS) is 20.2. The molecule has 0 amide bonds. The van der Waals surface area contributed by atoms with Crippen LogP contribution < -0.4 is 10.0 Å². The molecule has 20 heavy (non-hydrogen) atoms. The third kappa shape index (κ3) is 3.68. The van der Waals surface area contributed by atoms with Crippen LogP contribution in [-0.4, -0.2) is 51.5 Å². The van der Waals surface area contributed by atoms with Crippen molar-refractivity contribution in [3.8, 4) is 0 Å². The lowest BCUT2D eigenvalue weighted by Gasteiger charge is -2.14. The SMILES string of the molecule is CCNc1ccncc1S(=O)(=O)NCC1CCN(C)C1. The minimum Gasteiger partial charge on any atom is -0.384 e. The Labute approximate surface area is 120 Å². The Morgan fingerprint density at radius 2 is 2.30 bits per heavy atom. The third-order valence-corrected chi connectivity index (χ3v) is 4.94. The number of nitrogens with one attached hydrogen (secondary N) is 2. The monoisotopic (exact) mass is 298 g/mol. The maximum Gasteiger partial charge on any atom is 0.244 e. The molecule has 0 aliphatic carbocycles. The quantitative estimate of drug-likeness (QED) is 0.810. The molecule has 2 heterocycles. The zero-order chi connectivity index (χ0) is 14.6. The van der Waals surface area contributed by atoms with Gasteiger partial charge < -0.3 is 10.2 Å². The van der Waals surface area contributed by atoms with Gasteiger partial charge in [-0.3, -0.25) is 4.98 Å². The maximum absolute atomic E-state index is 12.4. The topological polar surface area (TPSA) is 74.3 Å². The molecule has 0 saturated carbocycles. The molecule has 0 radical (unpaired) electrons. The van der Waals surface area contributed by atoms with E-state index in [4.69, 9.17) is 0 Å². The first-order valence-corrected chi connectivity index (χ1v) is 8.37. The molecular weight excluding hydrogens is 276 g/mol. The van der Waals surface area contributed by atoms with Crippen LogP contribution in [0.15, 0.2) is 23.4 Å². The second-order valence-corrected chi connectivity index (χ2v) is 6.91. The van der Waals surface area contributed by atoms with E-state index in [0.717, 1.165) is 19.5 Å². The molecular formula is C13H22N4O2S. The van der Waals surface area contributed by atoms with Crippen molar-refractivity contribution in [1.82, 2.24) is 14.6 Å². The van der Waals surface area contributed by atoms with Crippen LogP contribution in [0.1, 0.15) is 13.3 Å². The Bertz CT molecular complexity index is 547. The summed E-state index contributed by atoms with van der Waals surface area (Å²) in [6, 6.07) is 1.68. The van der Waals surface area contributed by atoms with Gasteiger partial charge in [-0.05, 0) is 38.9 Å². The summed E-state index contributed by atoms with van der Waals surface area (Å²) in [5.41, 5.74) is 0.596. The van der Waals surface area contributed by atoms with E-state index >= 15 is 0 Å². The summed E-state index contributed by atoms with van der Waals surface area (Å²) in [6.07, 6.45) is 4.01. The Hall–Kier alpha value is -1.18. The van der Waals surface area contributed by atoms with Gasteiger partial charge in [0.05, 0.1) is 5.69 Å². The summed E-state index contributed by atoms with van der Waals surface area (Å²) in [4.78, 5) is 6.35. The molecule has 2 rings (SSSR count). The number of anilines is 1. The summed E-state index contributed by atoms with van der Waals surface area (Å²) in [5.74, 6) is 0.383.